The van der Waals surface area contributed by atoms with Crippen molar-refractivity contribution >= 4 is 0 Å². The molecule has 2 rings (SSSR count). The lowest BCUT2D eigenvalue weighted by Gasteiger charge is -2.04. The first-order chi connectivity index (χ1) is 8.40. The highest BCUT2D eigenvalue weighted by atomic mass is 16.3. The van der Waals surface area contributed by atoms with E-state index in [4.69, 9.17) is 5.11 Å². The second-order valence-electron chi connectivity index (χ2n) is 3.97. The molecule has 0 aliphatic carbocycles. The Morgan fingerprint density at radius 3 is 2.12 bits per heavy atom. The highest BCUT2D eigenvalue weighted by molar-refractivity contribution is 5.63. The second-order valence-corrected chi connectivity index (χ2v) is 3.97. The Balaban J connectivity index is 2.03. The lowest BCUT2D eigenvalue weighted by molar-refractivity contribution is 0.262. The van der Waals surface area contributed by atoms with Crippen LogP contribution in [0.25, 0.3) is 11.1 Å². The smallest absolute Gasteiger partial charge is 0.0931 e. The summed E-state index contributed by atoms with van der Waals surface area (Å²) in [6.07, 6.45) is 0.940. The fraction of sp³-hybridized carbons (Fsp3) is 0.200. The van der Waals surface area contributed by atoms with Gasteiger partial charge >= 0.3 is 0 Å². The molecule has 2 heteroatoms. The van der Waals surface area contributed by atoms with Gasteiger partial charge in [0, 0.05) is 6.54 Å². The summed E-state index contributed by atoms with van der Waals surface area (Å²) in [5, 5.41) is 11.5. The van der Waals surface area contributed by atoms with Gasteiger partial charge in [0.15, 0.2) is 0 Å². The molecule has 2 aromatic rings. The van der Waals surface area contributed by atoms with E-state index in [-0.39, 0.29) is 6.73 Å². The van der Waals surface area contributed by atoms with Crippen molar-refractivity contribution < 1.29 is 5.11 Å². The van der Waals surface area contributed by atoms with E-state index in [9.17, 15) is 0 Å². The van der Waals surface area contributed by atoms with Gasteiger partial charge in [-0.3, -0.25) is 5.32 Å². The summed E-state index contributed by atoms with van der Waals surface area (Å²) in [4.78, 5) is 0. The number of nitrogens with one attached hydrogen (secondary N) is 1. The van der Waals surface area contributed by atoms with Gasteiger partial charge in [0.05, 0.1) is 6.73 Å². The van der Waals surface area contributed by atoms with Crippen LogP contribution in [0.1, 0.15) is 5.56 Å². The Morgan fingerprint density at radius 1 is 0.824 bits per heavy atom. The summed E-state index contributed by atoms with van der Waals surface area (Å²) < 4.78 is 0. The zero-order valence-corrected chi connectivity index (χ0v) is 9.76. The van der Waals surface area contributed by atoms with Gasteiger partial charge in [0.1, 0.15) is 0 Å². The third-order valence-corrected chi connectivity index (χ3v) is 2.76. The summed E-state index contributed by atoms with van der Waals surface area (Å²) in [6.45, 7) is 0.850. The average molecular weight is 227 g/mol. The van der Waals surface area contributed by atoms with E-state index in [2.05, 4.69) is 53.8 Å². The summed E-state index contributed by atoms with van der Waals surface area (Å²) in [7, 11) is 0. The number of aliphatic hydroxyl groups is 1. The Labute approximate surface area is 102 Å². The summed E-state index contributed by atoms with van der Waals surface area (Å²) in [5.74, 6) is 0. The zero-order chi connectivity index (χ0) is 11.9. The van der Waals surface area contributed by atoms with Crippen molar-refractivity contribution in [3.63, 3.8) is 0 Å². The third kappa shape index (κ3) is 3.41. The van der Waals surface area contributed by atoms with E-state index >= 15 is 0 Å². The first-order valence-corrected chi connectivity index (χ1v) is 5.86. The summed E-state index contributed by atoms with van der Waals surface area (Å²) in [6, 6.07) is 18.9. The predicted molar refractivity (Wildman–Crippen MR) is 70.7 cm³/mol. The molecule has 2 N–H and O–H groups in total. The molecule has 0 aliphatic rings. The molecule has 0 spiro atoms. The normalized spacial score (nSPS) is 10.4. The molecular weight excluding hydrogens is 210 g/mol. The molecule has 2 nitrogen and oxygen atoms in total. The maximum Gasteiger partial charge on any atom is 0.0931 e. The van der Waals surface area contributed by atoms with Gasteiger partial charge in [-0.25, -0.2) is 0 Å². The summed E-state index contributed by atoms with van der Waals surface area (Å²) in [5.41, 5.74) is 3.77. The Hall–Kier alpha value is -1.64. The number of hydrogen-bond donors (Lipinski definition) is 2. The maximum atomic E-state index is 8.63. The van der Waals surface area contributed by atoms with Crippen molar-refractivity contribution in [2.24, 2.45) is 0 Å². The zero-order valence-electron chi connectivity index (χ0n) is 9.76. The van der Waals surface area contributed by atoms with Crippen LogP contribution in [0.5, 0.6) is 0 Å². The number of aliphatic hydroxyl groups excluding tert-OH is 1. The molecule has 0 saturated heterocycles. The Morgan fingerprint density at radius 2 is 1.47 bits per heavy atom. The minimum atomic E-state index is 0.0437. The van der Waals surface area contributed by atoms with Crippen molar-refractivity contribution in [3.05, 3.63) is 60.2 Å². The molecule has 0 amide bonds. The van der Waals surface area contributed by atoms with Gasteiger partial charge in [-0.05, 0) is 23.1 Å². The molecule has 0 unspecified atom stereocenters. The predicted octanol–water partition coefficient (Wildman–Crippen LogP) is 2.44. The molecule has 0 bridgehead atoms. The van der Waals surface area contributed by atoms with Crippen LogP contribution in [-0.4, -0.2) is 18.4 Å². The van der Waals surface area contributed by atoms with E-state index in [1.165, 1.54) is 16.7 Å². The van der Waals surface area contributed by atoms with Crippen molar-refractivity contribution in [1.29, 1.82) is 0 Å². The fourth-order valence-corrected chi connectivity index (χ4v) is 1.81. The van der Waals surface area contributed by atoms with Gasteiger partial charge in [0.25, 0.3) is 0 Å². The summed E-state index contributed by atoms with van der Waals surface area (Å²) >= 11 is 0. The van der Waals surface area contributed by atoms with E-state index in [0.29, 0.717) is 0 Å². The van der Waals surface area contributed by atoms with Crippen molar-refractivity contribution in [1.82, 2.24) is 5.32 Å². The minimum absolute atomic E-state index is 0.0437. The van der Waals surface area contributed by atoms with E-state index in [1.807, 2.05) is 6.07 Å². The van der Waals surface area contributed by atoms with Crippen LogP contribution < -0.4 is 5.32 Å². The van der Waals surface area contributed by atoms with Crippen LogP contribution in [-0.2, 0) is 6.42 Å². The largest absolute Gasteiger partial charge is 0.381 e. The quantitative estimate of drug-likeness (QED) is 0.607. The molecule has 17 heavy (non-hydrogen) atoms. The minimum Gasteiger partial charge on any atom is -0.381 e. The topological polar surface area (TPSA) is 32.3 Å². The van der Waals surface area contributed by atoms with Gasteiger partial charge in [-0.1, -0.05) is 54.6 Å². The van der Waals surface area contributed by atoms with E-state index in [0.717, 1.165) is 13.0 Å². The number of rotatable bonds is 5. The van der Waals surface area contributed by atoms with Crippen molar-refractivity contribution in [3.8, 4) is 11.1 Å². The molecule has 0 radical (unpaired) electrons. The van der Waals surface area contributed by atoms with Crippen LogP contribution in [0, 0.1) is 0 Å². The molecule has 2 aromatic carbocycles. The highest BCUT2D eigenvalue weighted by Crippen LogP contribution is 2.19. The van der Waals surface area contributed by atoms with Gasteiger partial charge in [0.2, 0.25) is 0 Å². The Bertz CT molecular complexity index is 436. The maximum absolute atomic E-state index is 8.63. The average Bonchev–Trinajstić information content (AvgIpc) is 2.41. The van der Waals surface area contributed by atoms with Crippen LogP contribution in [0.15, 0.2) is 54.6 Å². The molecule has 0 atom stereocenters. The van der Waals surface area contributed by atoms with Crippen LogP contribution >= 0.6 is 0 Å². The SMILES string of the molecule is OCNCCc1ccc(-c2ccccc2)cc1. The third-order valence-electron chi connectivity index (χ3n) is 2.76. The van der Waals surface area contributed by atoms with Crippen molar-refractivity contribution in [2.45, 2.75) is 6.42 Å². The van der Waals surface area contributed by atoms with Gasteiger partial charge in [-0.2, -0.15) is 0 Å². The van der Waals surface area contributed by atoms with E-state index in [1.54, 1.807) is 0 Å². The molecule has 0 aliphatic heterocycles. The van der Waals surface area contributed by atoms with Crippen molar-refractivity contribution in [2.75, 3.05) is 13.3 Å². The molecule has 0 heterocycles. The van der Waals surface area contributed by atoms with Crippen LogP contribution in [0.3, 0.4) is 0 Å². The first kappa shape index (κ1) is 11.8. The second kappa shape index (κ2) is 6.18. The van der Waals surface area contributed by atoms with Gasteiger partial charge < -0.3 is 5.11 Å². The first-order valence-electron chi connectivity index (χ1n) is 5.86. The molecule has 0 aromatic heterocycles. The lowest BCUT2D eigenvalue weighted by Crippen LogP contribution is -2.17. The molecule has 0 fully saturated rings. The van der Waals surface area contributed by atoms with E-state index < -0.39 is 0 Å². The van der Waals surface area contributed by atoms with Crippen LogP contribution in [0.2, 0.25) is 0 Å². The molecule has 0 saturated carbocycles. The molecule has 88 valence electrons. The Kier molecular flexibility index (Phi) is 4.30. The number of hydrogen-bond acceptors (Lipinski definition) is 2. The monoisotopic (exact) mass is 227 g/mol. The lowest BCUT2D eigenvalue weighted by atomic mass is 10.0. The number of benzene rings is 2. The van der Waals surface area contributed by atoms with Gasteiger partial charge in [-0.15, -0.1) is 0 Å². The standard InChI is InChI=1S/C15H17NO/c17-12-16-11-10-13-6-8-15(9-7-13)14-4-2-1-3-5-14/h1-9,16-17H,10-12H2. The highest BCUT2D eigenvalue weighted by Gasteiger charge is 1.97. The van der Waals surface area contributed by atoms with Crippen LogP contribution in [0.4, 0.5) is 0 Å². The fourth-order valence-electron chi connectivity index (χ4n) is 1.81. The molecular formula is C15H17NO.